The minimum absolute atomic E-state index is 0.150. The summed E-state index contributed by atoms with van der Waals surface area (Å²) in [6.45, 7) is 1.83. The van der Waals surface area contributed by atoms with E-state index in [0.717, 1.165) is 14.6 Å². The molecule has 0 fully saturated rings. The number of hydrogen-bond donors (Lipinski definition) is 1. The van der Waals surface area contributed by atoms with Crippen LogP contribution in [0.5, 0.6) is 5.75 Å². The Kier molecular flexibility index (Phi) is 5.74. The Morgan fingerprint density at radius 1 is 1.24 bits per heavy atom. The van der Waals surface area contributed by atoms with Crippen molar-refractivity contribution in [1.82, 2.24) is 4.98 Å². The zero-order valence-corrected chi connectivity index (χ0v) is 16.5. The van der Waals surface area contributed by atoms with Crippen molar-refractivity contribution in [3.8, 4) is 5.75 Å². The average Bonchev–Trinajstić information content (AvgIpc) is 2.96. The van der Waals surface area contributed by atoms with Crippen LogP contribution in [0.15, 0.2) is 40.7 Å². The van der Waals surface area contributed by atoms with E-state index in [2.05, 4.69) is 10.3 Å². The van der Waals surface area contributed by atoms with E-state index < -0.39 is 0 Å². The van der Waals surface area contributed by atoms with Crippen molar-refractivity contribution in [1.29, 1.82) is 0 Å². The van der Waals surface area contributed by atoms with Crippen LogP contribution in [0.4, 0.5) is 5.69 Å². The summed E-state index contributed by atoms with van der Waals surface area (Å²) >= 11 is 14.9. The van der Waals surface area contributed by atoms with Gasteiger partial charge in [-0.05, 0) is 43.3 Å². The third kappa shape index (κ3) is 4.39. The van der Waals surface area contributed by atoms with Crippen LogP contribution >= 0.6 is 46.3 Å². The highest BCUT2D eigenvalue weighted by atomic mass is 35.5. The van der Waals surface area contributed by atoms with Crippen LogP contribution in [-0.2, 0) is 4.79 Å². The third-order valence-electron chi connectivity index (χ3n) is 3.40. The highest BCUT2D eigenvalue weighted by Gasteiger charge is 2.18. The molecule has 130 valence electrons. The number of nitrogens with zero attached hydrogens (tertiary/aromatic N) is 1. The van der Waals surface area contributed by atoms with Gasteiger partial charge in [0.1, 0.15) is 5.75 Å². The lowest BCUT2D eigenvalue weighted by Gasteiger charge is -2.13. The van der Waals surface area contributed by atoms with Crippen LogP contribution in [-0.4, -0.2) is 23.3 Å². The standard InChI is InChI=1S/C17H14Cl2N2O2S2/c1-9(16(22)20-12-7-10(18)3-5-14(12)23-2)24-17-21-13-8-11(19)4-6-15(13)25-17/h3-9H,1-2H3,(H,20,22)/t9-/m0/s1. The van der Waals surface area contributed by atoms with E-state index >= 15 is 0 Å². The van der Waals surface area contributed by atoms with Crippen molar-refractivity contribution < 1.29 is 9.53 Å². The number of ether oxygens (including phenoxy) is 1. The molecule has 0 unspecified atom stereocenters. The molecule has 0 saturated heterocycles. The molecule has 25 heavy (non-hydrogen) atoms. The molecule has 1 N–H and O–H groups in total. The minimum atomic E-state index is -0.334. The van der Waals surface area contributed by atoms with E-state index in [0.29, 0.717) is 21.5 Å². The summed E-state index contributed by atoms with van der Waals surface area (Å²) in [7, 11) is 1.54. The first-order valence-corrected chi connectivity index (χ1v) is 9.78. The lowest BCUT2D eigenvalue weighted by molar-refractivity contribution is -0.115. The van der Waals surface area contributed by atoms with Crippen LogP contribution in [0, 0.1) is 0 Å². The molecule has 2 aromatic carbocycles. The number of thiazole rings is 1. The van der Waals surface area contributed by atoms with Gasteiger partial charge in [0.25, 0.3) is 0 Å². The van der Waals surface area contributed by atoms with Gasteiger partial charge in [-0.3, -0.25) is 4.79 Å². The topological polar surface area (TPSA) is 51.2 Å². The zero-order chi connectivity index (χ0) is 18.0. The average molecular weight is 413 g/mol. The van der Waals surface area contributed by atoms with Crippen LogP contribution in [0.3, 0.4) is 0 Å². The predicted molar refractivity (Wildman–Crippen MR) is 107 cm³/mol. The van der Waals surface area contributed by atoms with Crippen molar-refractivity contribution in [2.24, 2.45) is 0 Å². The third-order valence-corrected chi connectivity index (χ3v) is 6.10. The Balaban J connectivity index is 1.72. The Morgan fingerprint density at radius 2 is 1.96 bits per heavy atom. The fourth-order valence-electron chi connectivity index (χ4n) is 2.15. The number of thioether (sulfide) groups is 1. The monoisotopic (exact) mass is 412 g/mol. The van der Waals surface area contributed by atoms with Gasteiger partial charge in [-0.1, -0.05) is 35.0 Å². The van der Waals surface area contributed by atoms with Crippen LogP contribution < -0.4 is 10.1 Å². The molecule has 0 aliphatic rings. The molecule has 0 aliphatic carbocycles. The van der Waals surface area contributed by atoms with Crippen molar-refractivity contribution in [3.63, 3.8) is 0 Å². The number of aromatic nitrogens is 1. The number of benzene rings is 2. The Bertz CT molecular complexity index is 930. The number of carbonyl (C=O) groups is 1. The van der Waals surface area contributed by atoms with E-state index in [1.807, 2.05) is 25.1 Å². The molecule has 0 bridgehead atoms. The summed E-state index contributed by atoms with van der Waals surface area (Å²) in [5.41, 5.74) is 1.38. The number of hydrogen-bond acceptors (Lipinski definition) is 5. The van der Waals surface area contributed by atoms with E-state index in [9.17, 15) is 4.79 Å². The number of nitrogens with one attached hydrogen (secondary N) is 1. The Morgan fingerprint density at radius 3 is 2.72 bits per heavy atom. The highest BCUT2D eigenvalue weighted by Crippen LogP contribution is 2.34. The fraction of sp³-hybridized carbons (Fsp3) is 0.176. The first-order valence-electron chi connectivity index (χ1n) is 7.33. The van der Waals surface area contributed by atoms with Crippen molar-refractivity contribution in [2.45, 2.75) is 16.5 Å². The molecule has 1 heterocycles. The van der Waals surface area contributed by atoms with E-state index in [4.69, 9.17) is 27.9 Å². The first-order chi connectivity index (χ1) is 12.0. The van der Waals surface area contributed by atoms with Gasteiger partial charge in [0, 0.05) is 10.0 Å². The van der Waals surface area contributed by atoms with Crippen LogP contribution in [0.1, 0.15) is 6.92 Å². The second-order valence-electron chi connectivity index (χ2n) is 5.19. The number of halogens is 2. The SMILES string of the molecule is COc1ccc(Cl)cc1NC(=O)[C@H](C)Sc1nc2cc(Cl)ccc2s1. The molecule has 8 heteroatoms. The second kappa shape index (κ2) is 7.83. The summed E-state index contributed by atoms with van der Waals surface area (Å²) in [6, 6.07) is 10.7. The summed E-state index contributed by atoms with van der Waals surface area (Å²) in [4.78, 5) is 17.0. The maximum Gasteiger partial charge on any atom is 0.237 e. The lowest BCUT2D eigenvalue weighted by Crippen LogP contribution is -2.22. The molecule has 0 saturated carbocycles. The maximum absolute atomic E-state index is 12.5. The lowest BCUT2D eigenvalue weighted by atomic mass is 10.3. The van der Waals surface area contributed by atoms with Gasteiger partial charge in [-0.15, -0.1) is 11.3 Å². The van der Waals surface area contributed by atoms with E-state index in [-0.39, 0.29) is 11.2 Å². The van der Waals surface area contributed by atoms with Gasteiger partial charge in [-0.25, -0.2) is 4.98 Å². The molecule has 1 amide bonds. The van der Waals surface area contributed by atoms with Crippen molar-refractivity contribution in [3.05, 3.63) is 46.4 Å². The molecule has 1 aromatic heterocycles. The zero-order valence-electron chi connectivity index (χ0n) is 13.4. The van der Waals surface area contributed by atoms with Crippen LogP contribution in [0.2, 0.25) is 10.0 Å². The minimum Gasteiger partial charge on any atom is -0.495 e. The maximum atomic E-state index is 12.5. The number of methoxy groups -OCH3 is 1. The Hall–Kier alpha value is -1.47. The Labute approximate surface area is 163 Å². The molecule has 0 spiro atoms. The summed E-state index contributed by atoms with van der Waals surface area (Å²) < 4.78 is 7.10. The molecule has 4 nitrogen and oxygen atoms in total. The molecule has 3 aromatic rings. The normalized spacial score (nSPS) is 12.2. The molecular weight excluding hydrogens is 399 g/mol. The van der Waals surface area contributed by atoms with E-state index in [1.165, 1.54) is 23.1 Å². The number of rotatable bonds is 5. The largest absolute Gasteiger partial charge is 0.495 e. The summed E-state index contributed by atoms with van der Waals surface area (Å²) in [5.74, 6) is 0.410. The summed E-state index contributed by atoms with van der Waals surface area (Å²) in [5, 5.41) is 3.69. The fourth-order valence-corrected chi connectivity index (χ4v) is 4.68. The highest BCUT2D eigenvalue weighted by molar-refractivity contribution is 8.02. The molecule has 0 radical (unpaired) electrons. The van der Waals surface area contributed by atoms with Gasteiger partial charge in [0.15, 0.2) is 4.34 Å². The number of carbonyl (C=O) groups excluding carboxylic acids is 1. The number of amides is 1. The van der Waals surface area contributed by atoms with Gasteiger partial charge in [0.05, 0.1) is 28.3 Å². The number of fused-ring (bicyclic) bond motifs is 1. The first kappa shape index (κ1) is 18.3. The quantitative estimate of drug-likeness (QED) is 0.543. The number of anilines is 1. The molecular formula is C17H14Cl2N2O2S2. The van der Waals surface area contributed by atoms with Gasteiger partial charge >= 0.3 is 0 Å². The van der Waals surface area contributed by atoms with Gasteiger partial charge < -0.3 is 10.1 Å². The molecule has 3 rings (SSSR count). The smallest absolute Gasteiger partial charge is 0.237 e. The van der Waals surface area contributed by atoms with Crippen molar-refractivity contribution >= 4 is 68.1 Å². The summed E-state index contributed by atoms with van der Waals surface area (Å²) in [6.07, 6.45) is 0. The second-order valence-corrected chi connectivity index (χ2v) is 8.68. The van der Waals surface area contributed by atoms with Gasteiger partial charge in [-0.2, -0.15) is 0 Å². The molecule has 1 atom stereocenters. The molecule has 0 aliphatic heterocycles. The predicted octanol–water partition coefficient (Wildman–Crippen LogP) is 5.73. The van der Waals surface area contributed by atoms with Crippen molar-refractivity contribution in [2.75, 3.05) is 12.4 Å². The van der Waals surface area contributed by atoms with Gasteiger partial charge in [0.2, 0.25) is 5.91 Å². The van der Waals surface area contributed by atoms with Crippen LogP contribution in [0.25, 0.3) is 10.2 Å². The van der Waals surface area contributed by atoms with E-state index in [1.54, 1.807) is 25.3 Å².